The molecule has 0 aliphatic carbocycles. The number of likely N-dealkylation sites (N-methyl/N-ethyl adjacent to an activating group) is 1. The standard InChI is InChI=1S/C15H11ClN4S.C4H9NO2/c1-20-12-5-3-2-4-10(12)17-14(20)19-15-18-11-7-6-9(16)8-13(11)21-15;1-5(2)3-4(6)7/h2-8H,1H3,(H,17,18,19);3H2,1-2H3,(H,6,7). The van der Waals surface area contributed by atoms with Crippen molar-refractivity contribution < 1.29 is 9.90 Å². The molecule has 0 bridgehead atoms. The molecule has 2 N–H and O–H groups in total. The maximum atomic E-state index is 9.77. The smallest absolute Gasteiger partial charge is 0.317 e. The minimum atomic E-state index is -0.787. The van der Waals surface area contributed by atoms with Crippen molar-refractivity contribution >= 4 is 61.2 Å². The second-order valence-corrected chi connectivity index (χ2v) is 7.84. The zero-order valence-electron chi connectivity index (χ0n) is 15.7. The fraction of sp³-hybridized carbons (Fsp3) is 0.211. The monoisotopic (exact) mass is 417 g/mol. The number of hydrogen-bond acceptors (Lipinski definition) is 6. The summed E-state index contributed by atoms with van der Waals surface area (Å²) in [6, 6.07) is 13.7. The van der Waals surface area contributed by atoms with E-state index in [2.05, 4.69) is 15.3 Å². The van der Waals surface area contributed by atoms with E-state index >= 15 is 0 Å². The number of hydrogen-bond donors (Lipinski definition) is 2. The highest BCUT2D eigenvalue weighted by atomic mass is 35.5. The van der Waals surface area contributed by atoms with Crippen molar-refractivity contribution in [3.63, 3.8) is 0 Å². The molecular weight excluding hydrogens is 398 g/mol. The number of nitrogens with one attached hydrogen (secondary N) is 1. The molecule has 0 unspecified atom stereocenters. The van der Waals surface area contributed by atoms with Gasteiger partial charge in [0.2, 0.25) is 5.95 Å². The van der Waals surface area contributed by atoms with Crippen LogP contribution in [0.15, 0.2) is 42.5 Å². The van der Waals surface area contributed by atoms with Crippen LogP contribution in [0.2, 0.25) is 5.02 Å². The molecule has 0 aliphatic rings. The Kier molecular flexibility index (Phi) is 6.13. The van der Waals surface area contributed by atoms with Crippen LogP contribution in [-0.2, 0) is 11.8 Å². The predicted molar refractivity (Wildman–Crippen MR) is 115 cm³/mol. The zero-order chi connectivity index (χ0) is 20.3. The van der Waals surface area contributed by atoms with Gasteiger partial charge in [-0.25, -0.2) is 9.97 Å². The van der Waals surface area contributed by atoms with Gasteiger partial charge in [0, 0.05) is 12.1 Å². The molecule has 2 aromatic heterocycles. The number of halogens is 1. The molecule has 28 heavy (non-hydrogen) atoms. The molecule has 7 nitrogen and oxygen atoms in total. The third-order valence-corrected chi connectivity index (χ3v) is 4.98. The van der Waals surface area contributed by atoms with Crippen molar-refractivity contribution in [3.8, 4) is 0 Å². The molecule has 4 aromatic rings. The van der Waals surface area contributed by atoms with Crippen LogP contribution in [0.5, 0.6) is 0 Å². The summed E-state index contributed by atoms with van der Waals surface area (Å²) in [5, 5.41) is 12.9. The Bertz CT molecular complexity index is 1120. The normalized spacial score (nSPS) is 10.9. The molecule has 2 aromatic carbocycles. The highest BCUT2D eigenvalue weighted by molar-refractivity contribution is 7.22. The molecule has 4 rings (SSSR count). The van der Waals surface area contributed by atoms with Crippen molar-refractivity contribution in [2.75, 3.05) is 26.0 Å². The zero-order valence-corrected chi connectivity index (χ0v) is 17.3. The molecule has 0 radical (unpaired) electrons. The van der Waals surface area contributed by atoms with Gasteiger partial charge >= 0.3 is 5.97 Å². The van der Waals surface area contributed by atoms with E-state index in [0.29, 0.717) is 0 Å². The number of nitrogens with zero attached hydrogens (tertiary/aromatic N) is 4. The Morgan fingerprint density at radius 3 is 2.61 bits per heavy atom. The fourth-order valence-corrected chi connectivity index (χ4v) is 3.71. The summed E-state index contributed by atoms with van der Waals surface area (Å²) < 4.78 is 3.08. The molecule has 0 aliphatic heterocycles. The molecule has 0 amide bonds. The van der Waals surface area contributed by atoms with E-state index in [4.69, 9.17) is 16.7 Å². The van der Waals surface area contributed by atoms with E-state index in [1.54, 1.807) is 30.3 Å². The first kappa shape index (κ1) is 20.1. The Labute approximate surface area is 171 Å². The Morgan fingerprint density at radius 2 is 1.96 bits per heavy atom. The van der Waals surface area contributed by atoms with Gasteiger partial charge in [-0.2, -0.15) is 0 Å². The number of rotatable bonds is 4. The summed E-state index contributed by atoms with van der Waals surface area (Å²) in [5.41, 5.74) is 2.99. The summed E-state index contributed by atoms with van der Waals surface area (Å²) in [5.74, 6) is -0.00801. The quantitative estimate of drug-likeness (QED) is 0.517. The molecule has 2 heterocycles. The van der Waals surface area contributed by atoms with Crippen LogP contribution < -0.4 is 5.32 Å². The fourth-order valence-electron chi connectivity index (χ4n) is 2.58. The predicted octanol–water partition coefficient (Wildman–Crippen LogP) is 4.21. The van der Waals surface area contributed by atoms with E-state index in [-0.39, 0.29) is 6.54 Å². The van der Waals surface area contributed by atoms with Gasteiger partial charge in [0.1, 0.15) is 0 Å². The largest absolute Gasteiger partial charge is 0.480 e. The van der Waals surface area contributed by atoms with Gasteiger partial charge in [-0.15, -0.1) is 0 Å². The number of para-hydroxylation sites is 2. The third-order valence-electron chi connectivity index (χ3n) is 3.81. The highest BCUT2D eigenvalue weighted by Gasteiger charge is 2.10. The number of anilines is 2. The van der Waals surface area contributed by atoms with Crippen LogP contribution in [0, 0.1) is 0 Å². The maximum absolute atomic E-state index is 9.77. The lowest BCUT2D eigenvalue weighted by Gasteiger charge is -2.01. The summed E-state index contributed by atoms with van der Waals surface area (Å²) >= 11 is 7.57. The lowest BCUT2D eigenvalue weighted by Crippen LogP contribution is -2.20. The number of benzene rings is 2. The minimum Gasteiger partial charge on any atom is -0.480 e. The number of imidazole rings is 1. The molecule has 0 atom stereocenters. The lowest BCUT2D eigenvalue weighted by molar-refractivity contribution is -0.137. The number of carboxylic acid groups (broad SMARTS) is 1. The number of carbonyl (C=O) groups is 1. The number of aromatic nitrogens is 3. The summed E-state index contributed by atoms with van der Waals surface area (Å²) in [4.78, 5) is 20.5. The molecule has 0 saturated carbocycles. The lowest BCUT2D eigenvalue weighted by atomic mass is 10.3. The first-order valence-corrected chi connectivity index (χ1v) is 9.64. The van der Waals surface area contributed by atoms with Gasteiger partial charge in [-0.1, -0.05) is 35.1 Å². The van der Waals surface area contributed by atoms with Gasteiger partial charge in [0.25, 0.3) is 0 Å². The number of thiazole rings is 1. The van der Waals surface area contributed by atoms with Crippen molar-refractivity contribution in [2.45, 2.75) is 0 Å². The van der Waals surface area contributed by atoms with E-state index in [1.165, 1.54) is 0 Å². The molecule has 146 valence electrons. The van der Waals surface area contributed by atoms with Crippen LogP contribution in [0.1, 0.15) is 0 Å². The van der Waals surface area contributed by atoms with E-state index in [1.807, 2.05) is 54.1 Å². The topological polar surface area (TPSA) is 83.3 Å². The van der Waals surface area contributed by atoms with Crippen molar-refractivity contribution in [1.82, 2.24) is 19.4 Å². The summed E-state index contributed by atoms with van der Waals surface area (Å²) in [7, 11) is 5.42. The molecule has 9 heteroatoms. The average molecular weight is 418 g/mol. The van der Waals surface area contributed by atoms with Crippen LogP contribution in [0.3, 0.4) is 0 Å². The average Bonchev–Trinajstić information content (AvgIpc) is 3.15. The highest BCUT2D eigenvalue weighted by Crippen LogP contribution is 2.30. The van der Waals surface area contributed by atoms with Crippen molar-refractivity contribution in [2.24, 2.45) is 7.05 Å². The van der Waals surface area contributed by atoms with Crippen LogP contribution in [0.25, 0.3) is 21.3 Å². The SMILES string of the molecule is CN(C)CC(=O)O.Cn1c(Nc2nc3ccc(Cl)cc3s2)nc2ccccc21. The Morgan fingerprint density at radius 1 is 1.21 bits per heavy atom. The second kappa shape index (κ2) is 8.55. The van der Waals surface area contributed by atoms with E-state index in [0.717, 1.165) is 37.4 Å². The summed E-state index contributed by atoms with van der Waals surface area (Å²) in [6.07, 6.45) is 0. The molecular formula is C19H20ClN5O2S. The maximum Gasteiger partial charge on any atom is 0.317 e. The number of aryl methyl sites for hydroxylation is 1. The molecule has 0 fully saturated rings. The van der Waals surface area contributed by atoms with Gasteiger partial charge in [0.05, 0.1) is 27.8 Å². The van der Waals surface area contributed by atoms with Crippen molar-refractivity contribution in [3.05, 3.63) is 47.5 Å². The Hall–Kier alpha value is -2.68. The first-order chi connectivity index (χ1) is 13.3. The Balaban J connectivity index is 0.000000279. The van der Waals surface area contributed by atoms with E-state index < -0.39 is 5.97 Å². The molecule has 0 saturated heterocycles. The van der Waals surface area contributed by atoms with Gasteiger partial charge in [-0.05, 0) is 44.4 Å². The van der Waals surface area contributed by atoms with Crippen LogP contribution in [-0.4, -0.2) is 51.2 Å². The van der Waals surface area contributed by atoms with Gasteiger partial charge < -0.3 is 15.0 Å². The van der Waals surface area contributed by atoms with E-state index in [9.17, 15) is 4.79 Å². The number of aliphatic carboxylic acids is 1. The summed E-state index contributed by atoms with van der Waals surface area (Å²) in [6.45, 7) is 0.111. The van der Waals surface area contributed by atoms with Crippen LogP contribution >= 0.6 is 22.9 Å². The van der Waals surface area contributed by atoms with Crippen LogP contribution in [0.4, 0.5) is 11.1 Å². The first-order valence-electron chi connectivity index (χ1n) is 8.44. The van der Waals surface area contributed by atoms with Gasteiger partial charge in [-0.3, -0.25) is 9.69 Å². The number of carboxylic acids is 1. The van der Waals surface area contributed by atoms with Crippen molar-refractivity contribution in [1.29, 1.82) is 0 Å². The minimum absolute atomic E-state index is 0.111. The second-order valence-electron chi connectivity index (χ2n) is 6.37. The number of fused-ring (bicyclic) bond motifs is 2. The molecule has 0 spiro atoms. The third kappa shape index (κ3) is 4.78. The van der Waals surface area contributed by atoms with Gasteiger partial charge in [0.15, 0.2) is 5.13 Å².